The molecule has 0 bridgehead atoms. The van der Waals surface area contributed by atoms with Crippen LogP contribution in [0.25, 0.3) is 21.0 Å². The van der Waals surface area contributed by atoms with E-state index in [0.717, 1.165) is 6.42 Å². The second-order valence-electron chi connectivity index (χ2n) is 8.24. The highest BCUT2D eigenvalue weighted by Crippen LogP contribution is 2.58. The average Bonchev–Trinajstić information content (AvgIpc) is 3.02. The first kappa shape index (κ1) is 18.3. The SMILES string of the molecule is C[C@H]([C@@H](O)C(C)(C)Cc1ccccc1)p1c2ccccc2c2ccccc21. The molecule has 27 heavy (non-hydrogen) atoms. The van der Waals surface area contributed by atoms with Crippen molar-refractivity contribution in [3.8, 4) is 0 Å². The highest BCUT2D eigenvalue weighted by molar-refractivity contribution is 7.61. The predicted octanol–water partition coefficient (Wildman–Crippen LogP) is 7.17. The minimum absolute atomic E-state index is 0.185. The van der Waals surface area contributed by atoms with Crippen molar-refractivity contribution in [1.82, 2.24) is 0 Å². The van der Waals surface area contributed by atoms with Gasteiger partial charge in [-0.05, 0) is 28.2 Å². The second-order valence-corrected chi connectivity index (χ2v) is 10.8. The van der Waals surface area contributed by atoms with E-state index >= 15 is 0 Å². The Morgan fingerprint density at radius 3 is 1.81 bits per heavy atom. The van der Waals surface area contributed by atoms with Gasteiger partial charge in [-0.15, -0.1) is 7.53 Å². The van der Waals surface area contributed by atoms with Crippen molar-refractivity contribution in [2.45, 2.75) is 39.0 Å². The van der Waals surface area contributed by atoms with Crippen molar-refractivity contribution in [3.05, 3.63) is 84.4 Å². The van der Waals surface area contributed by atoms with Crippen LogP contribution in [0.15, 0.2) is 78.9 Å². The number of rotatable bonds is 5. The maximum atomic E-state index is 11.4. The lowest BCUT2D eigenvalue weighted by Crippen LogP contribution is -2.34. The van der Waals surface area contributed by atoms with Gasteiger partial charge in [-0.3, -0.25) is 0 Å². The number of aliphatic hydroxyl groups excluding tert-OH is 1. The molecular formula is C25H27OP. The predicted molar refractivity (Wildman–Crippen MR) is 119 cm³/mol. The molecule has 2 heteroatoms. The van der Waals surface area contributed by atoms with Crippen molar-refractivity contribution < 1.29 is 5.11 Å². The van der Waals surface area contributed by atoms with E-state index in [-0.39, 0.29) is 17.2 Å². The molecule has 0 amide bonds. The molecule has 1 nitrogen and oxygen atoms in total. The molecule has 4 aromatic rings. The molecule has 0 saturated carbocycles. The molecule has 0 aliphatic heterocycles. The van der Waals surface area contributed by atoms with Gasteiger partial charge in [0.2, 0.25) is 0 Å². The van der Waals surface area contributed by atoms with Crippen molar-refractivity contribution in [2.24, 2.45) is 5.41 Å². The van der Waals surface area contributed by atoms with Crippen LogP contribution in [0.5, 0.6) is 0 Å². The summed E-state index contributed by atoms with van der Waals surface area (Å²) in [7, 11) is -0.566. The van der Waals surface area contributed by atoms with E-state index in [9.17, 15) is 5.11 Å². The van der Waals surface area contributed by atoms with Gasteiger partial charge in [-0.25, -0.2) is 0 Å². The van der Waals surface area contributed by atoms with Crippen LogP contribution in [-0.2, 0) is 6.42 Å². The Morgan fingerprint density at radius 2 is 1.26 bits per heavy atom. The third kappa shape index (κ3) is 3.31. The van der Waals surface area contributed by atoms with Gasteiger partial charge >= 0.3 is 0 Å². The molecule has 0 aliphatic rings. The molecule has 0 saturated heterocycles. The average molecular weight is 374 g/mol. The van der Waals surface area contributed by atoms with E-state index in [4.69, 9.17) is 0 Å². The fourth-order valence-electron chi connectivity index (χ4n) is 4.41. The van der Waals surface area contributed by atoms with Gasteiger partial charge in [0.1, 0.15) is 0 Å². The zero-order valence-electron chi connectivity index (χ0n) is 16.3. The Balaban J connectivity index is 1.76. The normalized spacial score (nSPS) is 14.5. The molecule has 0 unspecified atom stereocenters. The van der Waals surface area contributed by atoms with Crippen LogP contribution in [0.3, 0.4) is 0 Å². The monoisotopic (exact) mass is 374 g/mol. The van der Waals surface area contributed by atoms with Gasteiger partial charge in [0.15, 0.2) is 0 Å². The van der Waals surface area contributed by atoms with E-state index in [1.807, 2.05) is 6.07 Å². The highest BCUT2D eigenvalue weighted by atomic mass is 31.1. The maximum absolute atomic E-state index is 11.4. The lowest BCUT2D eigenvalue weighted by Gasteiger charge is -2.35. The Hall–Kier alpha value is -2.08. The van der Waals surface area contributed by atoms with Crippen LogP contribution >= 0.6 is 7.53 Å². The molecule has 0 spiro atoms. The number of hydrogen-bond donors (Lipinski definition) is 1. The number of fused-ring (bicyclic) bond motifs is 3. The Kier molecular flexibility index (Phi) is 4.84. The molecule has 2 atom stereocenters. The van der Waals surface area contributed by atoms with E-state index in [1.54, 1.807) is 0 Å². The molecule has 1 heterocycles. The summed E-state index contributed by atoms with van der Waals surface area (Å²) < 4.78 is 0. The number of benzene rings is 3. The van der Waals surface area contributed by atoms with Crippen LogP contribution in [0, 0.1) is 5.41 Å². The van der Waals surface area contributed by atoms with Crippen LogP contribution in [0.2, 0.25) is 0 Å². The number of hydrogen-bond acceptors (Lipinski definition) is 1. The summed E-state index contributed by atoms with van der Waals surface area (Å²) in [5.74, 6) is 0. The summed E-state index contributed by atoms with van der Waals surface area (Å²) in [6.07, 6.45) is 0.509. The Bertz CT molecular complexity index is 1010. The molecule has 3 aromatic carbocycles. The smallest absolute Gasteiger partial charge is 0.0692 e. The van der Waals surface area contributed by atoms with Crippen LogP contribution in [0.1, 0.15) is 32.0 Å². The summed E-state index contributed by atoms with van der Waals surface area (Å²) in [6.45, 7) is 6.64. The van der Waals surface area contributed by atoms with Gasteiger partial charge in [0.25, 0.3) is 0 Å². The van der Waals surface area contributed by atoms with Crippen LogP contribution in [-0.4, -0.2) is 11.2 Å². The first-order valence-corrected chi connectivity index (χ1v) is 11.1. The number of aliphatic hydroxyl groups is 1. The summed E-state index contributed by atoms with van der Waals surface area (Å²) in [5, 5.41) is 17.0. The third-order valence-electron chi connectivity index (χ3n) is 5.78. The molecule has 0 radical (unpaired) electrons. The largest absolute Gasteiger partial charge is 0.392 e. The van der Waals surface area contributed by atoms with Gasteiger partial charge in [-0.2, -0.15) is 0 Å². The standard InChI is InChI=1S/C25H27OP/c1-18(24(26)25(2,3)17-19-11-5-4-6-12-19)27-22-15-9-7-13-20(22)21-14-8-10-16-23(21)27/h4-16,18,24,26H,17H2,1-3H3/t18-,24-/m1/s1. The first-order valence-electron chi connectivity index (χ1n) is 9.69. The van der Waals surface area contributed by atoms with E-state index in [2.05, 4.69) is 93.6 Å². The van der Waals surface area contributed by atoms with Crippen molar-refractivity contribution in [2.75, 3.05) is 0 Å². The molecule has 0 aliphatic carbocycles. The fraction of sp³-hybridized carbons (Fsp3) is 0.280. The molecule has 1 N–H and O–H groups in total. The van der Waals surface area contributed by atoms with Gasteiger partial charge in [0, 0.05) is 15.9 Å². The van der Waals surface area contributed by atoms with Crippen LogP contribution < -0.4 is 0 Å². The molecular weight excluding hydrogens is 347 g/mol. The Morgan fingerprint density at radius 1 is 0.778 bits per heavy atom. The van der Waals surface area contributed by atoms with E-state index < -0.39 is 7.53 Å². The summed E-state index contributed by atoms with van der Waals surface area (Å²) in [5.41, 5.74) is 1.30. The fourth-order valence-corrected chi connectivity index (χ4v) is 7.64. The first-order chi connectivity index (χ1) is 13.0. The van der Waals surface area contributed by atoms with Crippen molar-refractivity contribution in [3.63, 3.8) is 0 Å². The lowest BCUT2D eigenvalue weighted by molar-refractivity contribution is 0.0431. The van der Waals surface area contributed by atoms with Crippen LogP contribution in [0.4, 0.5) is 0 Å². The molecule has 0 fully saturated rings. The maximum Gasteiger partial charge on any atom is 0.0692 e. The van der Waals surface area contributed by atoms with Crippen molar-refractivity contribution >= 4 is 28.5 Å². The summed E-state index contributed by atoms with van der Waals surface area (Å²) in [4.78, 5) is 0. The zero-order valence-corrected chi connectivity index (χ0v) is 17.2. The second kappa shape index (κ2) is 7.15. The minimum atomic E-state index is -0.566. The lowest BCUT2D eigenvalue weighted by atomic mass is 9.79. The molecule has 4 rings (SSSR count). The minimum Gasteiger partial charge on any atom is -0.392 e. The summed E-state index contributed by atoms with van der Waals surface area (Å²) >= 11 is 0. The van der Waals surface area contributed by atoms with E-state index in [1.165, 1.54) is 26.6 Å². The van der Waals surface area contributed by atoms with Gasteiger partial charge < -0.3 is 5.11 Å². The quantitative estimate of drug-likeness (QED) is 0.392. The Labute approximate surface area is 162 Å². The summed E-state index contributed by atoms with van der Waals surface area (Å²) in [6, 6.07) is 28.0. The van der Waals surface area contributed by atoms with Gasteiger partial charge in [-0.1, -0.05) is 99.6 Å². The van der Waals surface area contributed by atoms with Crippen molar-refractivity contribution in [1.29, 1.82) is 0 Å². The highest BCUT2D eigenvalue weighted by Gasteiger charge is 2.34. The van der Waals surface area contributed by atoms with E-state index in [0.29, 0.717) is 0 Å². The zero-order chi connectivity index (χ0) is 19.0. The van der Waals surface area contributed by atoms with Gasteiger partial charge in [0.05, 0.1) is 6.10 Å². The topological polar surface area (TPSA) is 20.2 Å². The molecule has 1 aromatic heterocycles. The molecule has 138 valence electrons. The third-order valence-corrected chi connectivity index (χ3v) is 8.70.